The van der Waals surface area contributed by atoms with Gasteiger partial charge in [0.25, 0.3) is 0 Å². The van der Waals surface area contributed by atoms with E-state index in [9.17, 15) is 4.79 Å². The topological polar surface area (TPSA) is 59.4 Å². The first-order valence-electron chi connectivity index (χ1n) is 4.95. The van der Waals surface area contributed by atoms with E-state index in [1.807, 2.05) is 0 Å². The van der Waals surface area contributed by atoms with Crippen molar-refractivity contribution in [3.8, 4) is 5.75 Å². The zero-order valence-electron chi connectivity index (χ0n) is 9.11. The molecular weight excluding hydrogens is 242 g/mol. The second kappa shape index (κ2) is 4.59. The molecule has 0 radical (unpaired) electrons. The number of rotatable bonds is 3. The van der Waals surface area contributed by atoms with Crippen molar-refractivity contribution in [3.05, 3.63) is 35.1 Å². The van der Waals surface area contributed by atoms with Crippen molar-refractivity contribution in [1.29, 1.82) is 0 Å². The number of halogens is 1. The monoisotopic (exact) mass is 251 g/mol. The number of hydrogen-bond donors (Lipinski definition) is 1. The van der Waals surface area contributed by atoms with Crippen LogP contribution in [0.1, 0.15) is 5.69 Å². The summed E-state index contributed by atoms with van der Waals surface area (Å²) in [5, 5.41) is 10.6. The molecule has 0 aliphatic heterocycles. The van der Waals surface area contributed by atoms with E-state index in [1.165, 1.54) is 0 Å². The fourth-order valence-corrected chi connectivity index (χ4v) is 1.95. The number of aromatic nitrogens is 1. The van der Waals surface area contributed by atoms with E-state index in [0.29, 0.717) is 11.4 Å². The number of carbonyl (C=O) groups is 1. The summed E-state index contributed by atoms with van der Waals surface area (Å²) in [4.78, 5) is 14.8. The summed E-state index contributed by atoms with van der Waals surface area (Å²) in [6, 6.07) is 7.06. The molecule has 88 valence electrons. The van der Waals surface area contributed by atoms with Gasteiger partial charge in [0.15, 0.2) is 0 Å². The minimum atomic E-state index is -0.941. The van der Waals surface area contributed by atoms with Crippen LogP contribution in [-0.4, -0.2) is 23.2 Å². The van der Waals surface area contributed by atoms with Crippen LogP contribution in [0.2, 0.25) is 5.15 Å². The Kier molecular flexibility index (Phi) is 3.15. The molecule has 17 heavy (non-hydrogen) atoms. The third-order valence-corrected chi connectivity index (χ3v) is 2.61. The van der Waals surface area contributed by atoms with E-state index in [0.717, 1.165) is 10.8 Å². The average Bonchev–Trinajstić information content (AvgIpc) is 2.27. The van der Waals surface area contributed by atoms with Gasteiger partial charge in [0, 0.05) is 10.8 Å². The standard InChI is InChI=1S/C12H10ClNO3/c1-17-10-4-2-3-7-8(10)5-11(13)14-9(7)6-12(15)16/h2-5H,6H2,1H3,(H,15,16). The quantitative estimate of drug-likeness (QED) is 0.852. The summed E-state index contributed by atoms with van der Waals surface area (Å²) in [5.74, 6) is -0.290. The van der Waals surface area contributed by atoms with Gasteiger partial charge in [-0.25, -0.2) is 4.98 Å². The Hall–Kier alpha value is -1.81. The number of carboxylic acids is 1. The molecule has 1 heterocycles. The van der Waals surface area contributed by atoms with Gasteiger partial charge in [0.05, 0.1) is 19.2 Å². The van der Waals surface area contributed by atoms with E-state index in [1.54, 1.807) is 31.4 Å². The van der Waals surface area contributed by atoms with Gasteiger partial charge in [0.2, 0.25) is 0 Å². The summed E-state index contributed by atoms with van der Waals surface area (Å²) in [6.45, 7) is 0. The van der Waals surface area contributed by atoms with Crippen LogP contribution in [0.5, 0.6) is 5.75 Å². The smallest absolute Gasteiger partial charge is 0.309 e. The van der Waals surface area contributed by atoms with Crippen LogP contribution in [0, 0.1) is 0 Å². The Morgan fingerprint density at radius 1 is 1.47 bits per heavy atom. The van der Waals surface area contributed by atoms with Crippen molar-refractivity contribution >= 4 is 28.3 Å². The molecule has 0 unspecified atom stereocenters. The van der Waals surface area contributed by atoms with Gasteiger partial charge in [-0.1, -0.05) is 23.7 Å². The molecule has 0 fully saturated rings. The Morgan fingerprint density at radius 3 is 2.88 bits per heavy atom. The second-order valence-electron chi connectivity index (χ2n) is 3.52. The summed E-state index contributed by atoms with van der Waals surface area (Å²) in [6.07, 6.45) is -0.162. The number of fused-ring (bicyclic) bond motifs is 1. The molecule has 5 heteroatoms. The SMILES string of the molecule is COc1cccc2c(CC(=O)O)nc(Cl)cc12. The van der Waals surface area contributed by atoms with E-state index in [-0.39, 0.29) is 11.6 Å². The van der Waals surface area contributed by atoms with E-state index < -0.39 is 5.97 Å². The van der Waals surface area contributed by atoms with Gasteiger partial charge in [0.1, 0.15) is 10.9 Å². The van der Waals surface area contributed by atoms with Crippen LogP contribution in [0.25, 0.3) is 10.8 Å². The minimum absolute atomic E-state index is 0.162. The molecule has 0 saturated carbocycles. The van der Waals surface area contributed by atoms with Crippen LogP contribution in [0.4, 0.5) is 0 Å². The van der Waals surface area contributed by atoms with Crippen molar-refractivity contribution in [2.75, 3.05) is 7.11 Å². The van der Waals surface area contributed by atoms with Crippen molar-refractivity contribution < 1.29 is 14.6 Å². The van der Waals surface area contributed by atoms with Gasteiger partial charge >= 0.3 is 5.97 Å². The molecule has 4 nitrogen and oxygen atoms in total. The summed E-state index contributed by atoms with van der Waals surface area (Å²) < 4.78 is 5.21. The zero-order valence-corrected chi connectivity index (χ0v) is 9.86. The summed E-state index contributed by atoms with van der Waals surface area (Å²) in [5.41, 5.74) is 0.443. The highest BCUT2D eigenvalue weighted by atomic mass is 35.5. The first-order chi connectivity index (χ1) is 8.11. The Bertz CT molecular complexity index is 583. The van der Waals surface area contributed by atoms with Crippen molar-refractivity contribution in [1.82, 2.24) is 4.98 Å². The third kappa shape index (κ3) is 2.31. The number of carboxylic acid groups (broad SMARTS) is 1. The maximum absolute atomic E-state index is 10.8. The second-order valence-corrected chi connectivity index (χ2v) is 3.90. The van der Waals surface area contributed by atoms with Gasteiger partial charge < -0.3 is 9.84 Å². The number of ether oxygens (including phenoxy) is 1. The average molecular weight is 252 g/mol. The molecule has 2 aromatic rings. The zero-order chi connectivity index (χ0) is 12.4. The fourth-order valence-electron chi connectivity index (χ4n) is 1.74. The molecule has 1 aromatic carbocycles. The highest BCUT2D eigenvalue weighted by molar-refractivity contribution is 6.30. The molecule has 0 atom stereocenters. The Balaban J connectivity index is 2.71. The fraction of sp³-hybridized carbons (Fsp3) is 0.167. The molecule has 0 aliphatic rings. The van der Waals surface area contributed by atoms with Crippen LogP contribution >= 0.6 is 11.6 Å². The Labute approximate surface area is 103 Å². The van der Waals surface area contributed by atoms with E-state index in [4.69, 9.17) is 21.4 Å². The van der Waals surface area contributed by atoms with Crippen LogP contribution in [0.3, 0.4) is 0 Å². The minimum Gasteiger partial charge on any atom is -0.496 e. The number of benzene rings is 1. The number of hydrogen-bond acceptors (Lipinski definition) is 3. The molecular formula is C12H10ClNO3. The lowest BCUT2D eigenvalue weighted by molar-refractivity contribution is -0.136. The van der Waals surface area contributed by atoms with Gasteiger partial charge in [-0.2, -0.15) is 0 Å². The normalized spacial score (nSPS) is 10.5. The van der Waals surface area contributed by atoms with Gasteiger partial charge in [-0.05, 0) is 12.1 Å². The van der Waals surface area contributed by atoms with Crippen molar-refractivity contribution in [2.45, 2.75) is 6.42 Å². The van der Waals surface area contributed by atoms with Crippen LogP contribution in [-0.2, 0) is 11.2 Å². The van der Waals surface area contributed by atoms with E-state index in [2.05, 4.69) is 4.98 Å². The molecule has 0 amide bonds. The van der Waals surface area contributed by atoms with Gasteiger partial charge in [-0.3, -0.25) is 4.79 Å². The lowest BCUT2D eigenvalue weighted by Crippen LogP contribution is -2.03. The lowest BCUT2D eigenvalue weighted by atomic mass is 10.1. The van der Waals surface area contributed by atoms with Crippen LogP contribution in [0.15, 0.2) is 24.3 Å². The first-order valence-corrected chi connectivity index (χ1v) is 5.33. The maximum atomic E-state index is 10.8. The number of nitrogens with zero attached hydrogens (tertiary/aromatic N) is 1. The van der Waals surface area contributed by atoms with Crippen LogP contribution < -0.4 is 4.74 Å². The van der Waals surface area contributed by atoms with Crippen molar-refractivity contribution in [2.24, 2.45) is 0 Å². The molecule has 0 aliphatic carbocycles. The number of pyridine rings is 1. The lowest BCUT2D eigenvalue weighted by Gasteiger charge is -2.08. The highest BCUT2D eigenvalue weighted by Crippen LogP contribution is 2.29. The molecule has 1 N–H and O–H groups in total. The Morgan fingerprint density at radius 2 is 2.24 bits per heavy atom. The molecule has 1 aromatic heterocycles. The maximum Gasteiger partial charge on any atom is 0.309 e. The molecule has 2 rings (SSSR count). The molecule has 0 bridgehead atoms. The van der Waals surface area contributed by atoms with Crippen molar-refractivity contribution in [3.63, 3.8) is 0 Å². The van der Waals surface area contributed by atoms with E-state index >= 15 is 0 Å². The predicted octanol–water partition coefficient (Wildman–Crippen LogP) is 2.52. The summed E-state index contributed by atoms with van der Waals surface area (Å²) >= 11 is 5.88. The largest absolute Gasteiger partial charge is 0.496 e. The number of aliphatic carboxylic acids is 1. The molecule has 0 saturated heterocycles. The number of methoxy groups -OCH3 is 1. The van der Waals surface area contributed by atoms with Gasteiger partial charge in [-0.15, -0.1) is 0 Å². The third-order valence-electron chi connectivity index (χ3n) is 2.42. The predicted molar refractivity (Wildman–Crippen MR) is 64.6 cm³/mol. The summed E-state index contributed by atoms with van der Waals surface area (Å²) in [7, 11) is 1.56. The molecule has 0 spiro atoms. The highest BCUT2D eigenvalue weighted by Gasteiger charge is 2.11. The first kappa shape index (κ1) is 11.7.